The van der Waals surface area contributed by atoms with E-state index in [2.05, 4.69) is 56.0 Å². The number of nitrogens with one attached hydrogen (secondary N) is 4. The van der Waals surface area contributed by atoms with Crippen molar-refractivity contribution in [1.29, 1.82) is 0 Å². The van der Waals surface area contributed by atoms with E-state index in [0.717, 1.165) is 39.6 Å². The minimum absolute atomic E-state index is 0.546. The van der Waals surface area contributed by atoms with Crippen LogP contribution in [0.4, 0.5) is 5.69 Å². The van der Waals surface area contributed by atoms with Gasteiger partial charge in [0.1, 0.15) is 5.69 Å². The van der Waals surface area contributed by atoms with E-state index >= 15 is 0 Å². The lowest BCUT2D eigenvalue weighted by Crippen LogP contribution is -2.20. The van der Waals surface area contributed by atoms with Crippen molar-refractivity contribution >= 4 is 28.1 Å². The number of imidazole rings is 1. The van der Waals surface area contributed by atoms with E-state index in [1.807, 2.05) is 12.1 Å². The highest BCUT2D eigenvalue weighted by atomic mass is 32.1. The Morgan fingerprint density at radius 2 is 2.15 bits per heavy atom. The molecule has 0 aliphatic heterocycles. The SMILES string of the molecule is C=C(Nc1cn[nH]c1-c1nc2c(-c3cccs3)cccc2[nH]1)NC1CC1. The van der Waals surface area contributed by atoms with Gasteiger partial charge in [-0.05, 0) is 30.4 Å². The molecule has 6 nitrogen and oxygen atoms in total. The summed E-state index contributed by atoms with van der Waals surface area (Å²) in [6.07, 6.45) is 4.16. The Kier molecular flexibility index (Phi) is 3.53. The largest absolute Gasteiger partial charge is 0.369 e. The van der Waals surface area contributed by atoms with Crippen molar-refractivity contribution in [2.75, 3.05) is 5.32 Å². The number of anilines is 1. The number of fused-ring (bicyclic) bond motifs is 1. The quantitative estimate of drug-likeness (QED) is 0.412. The number of hydrogen-bond donors (Lipinski definition) is 4. The van der Waals surface area contributed by atoms with Gasteiger partial charge in [0.05, 0.1) is 28.7 Å². The van der Waals surface area contributed by atoms with Gasteiger partial charge in [0.15, 0.2) is 5.82 Å². The number of benzene rings is 1. The molecular weight excluding hydrogens is 344 g/mol. The summed E-state index contributed by atoms with van der Waals surface area (Å²) < 4.78 is 0. The molecule has 4 aromatic rings. The summed E-state index contributed by atoms with van der Waals surface area (Å²) in [5.41, 5.74) is 4.76. The predicted molar refractivity (Wildman–Crippen MR) is 106 cm³/mol. The third-order valence-electron chi connectivity index (χ3n) is 4.42. The normalized spacial score (nSPS) is 13.8. The number of nitrogens with zero attached hydrogens (tertiary/aromatic N) is 2. The molecule has 1 fully saturated rings. The molecule has 0 unspecified atom stereocenters. The summed E-state index contributed by atoms with van der Waals surface area (Å²) in [5.74, 6) is 1.54. The molecule has 1 aliphatic rings. The fourth-order valence-electron chi connectivity index (χ4n) is 3.02. The van der Waals surface area contributed by atoms with Gasteiger partial charge in [0, 0.05) is 16.5 Å². The number of thiophene rings is 1. The lowest BCUT2D eigenvalue weighted by molar-refractivity contribution is 0.814. The smallest absolute Gasteiger partial charge is 0.158 e. The molecule has 0 saturated heterocycles. The monoisotopic (exact) mass is 362 g/mol. The highest BCUT2D eigenvalue weighted by Crippen LogP contribution is 2.33. The third-order valence-corrected chi connectivity index (χ3v) is 5.32. The molecule has 0 amide bonds. The fraction of sp³-hybridized carbons (Fsp3) is 0.158. The maximum atomic E-state index is 4.84. The number of aromatic nitrogens is 4. The van der Waals surface area contributed by atoms with Gasteiger partial charge in [-0.25, -0.2) is 4.98 Å². The summed E-state index contributed by atoms with van der Waals surface area (Å²) in [5, 5.41) is 15.9. The van der Waals surface area contributed by atoms with E-state index in [1.165, 1.54) is 17.7 Å². The number of hydrogen-bond acceptors (Lipinski definition) is 5. The Hall–Kier alpha value is -3.06. The van der Waals surface area contributed by atoms with Crippen LogP contribution in [0.25, 0.3) is 33.0 Å². The van der Waals surface area contributed by atoms with E-state index in [-0.39, 0.29) is 0 Å². The predicted octanol–water partition coefficient (Wildman–Crippen LogP) is 4.32. The van der Waals surface area contributed by atoms with Gasteiger partial charge in [-0.1, -0.05) is 24.8 Å². The van der Waals surface area contributed by atoms with Crippen molar-refractivity contribution in [1.82, 2.24) is 25.5 Å². The van der Waals surface area contributed by atoms with Crippen molar-refractivity contribution < 1.29 is 0 Å². The summed E-state index contributed by atoms with van der Waals surface area (Å²) in [6.45, 7) is 4.04. The van der Waals surface area contributed by atoms with Gasteiger partial charge in [0.25, 0.3) is 0 Å². The molecule has 0 atom stereocenters. The van der Waals surface area contributed by atoms with E-state index in [1.54, 1.807) is 17.5 Å². The van der Waals surface area contributed by atoms with Gasteiger partial charge >= 0.3 is 0 Å². The zero-order chi connectivity index (χ0) is 17.5. The van der Waals surface area contributed by atoms with E-state index in [9.17, 15) is 0 Å². The van der Waals surface area contributed by atoms with Crippen molar-refractivity contribution in [3.05, 3.63) is 54.3 Å². The van der Waals surface area contributed by atoms with Gasteiger partial charge in [-0.3, -0.25) is 5.10 Å². The molecule has 3 heterocycles. The standard InChI is InChI=1S/C19H18N6S/c1-11(21-12-7-8-12)22-15-10-20-25-18(15)19-23-14-5-2-4-13(17(14)24-19)16-6-3-9-26-16/h2-6,9-10,12,21-22H,1,7-8H2,(H,20,25)(H,23,24). The maximum Gasteiger partial charge on any atom is 0.158 e. The molecular formula is C19H18N6S. The van der Waals surface area contributed by atoms with Gasteiger partial charge in [0.2, 0.25) is 0 Å². The Morgan fingerprint density at radius 1 is 1.23 bits per heavy atom. The number of H-pyrrole nitrogens is 2. The molecule has 1 saturated carbocycles. The van der Waals surface area contributed by atoms with Crippen LogP contribution >= 0.6 is 11.3 Å². The highest BCUT2D eigenvalue weighted by Gasteiger charge is 2.22. The molecule has 26 heavy (non-hydrogen) atoms. The number of aromatic amines is 2. The molecule has 4 N–H and O–H groups in total. The zero-order valence-corrected chi connectivity index (χ0v) is 14.9. The Bertz CT molecular complexity index is 1070. The minimum atomic E-state index is 0.546. The first-order chi connectivity index (χ1) is 12.8. The summed E-state index contributed by atoms with van der Waals surface area (Å²) in [7, 11) is 0. The molecule has 130 valence electrons. The molecule has 5 rings (SSSR count). The molecule has 0 radical (unpaired) electrons. The van der Waals surface area contributed by atoms with Gasteiger partial charge in [-0.2, -0.15) is 5.10 Å². The Balaban J connectivity index is 1.51. The zero-order valence-electron chi connectivity index (χ0n) is 14.0. The fourth-order valence-corrected chi connectivity index (χ4v) is 3.77. The second-order valence-corrected chi connectivity index (χ2v) is 7.39. The molecule has 7 heteroatoms. The van der Waals surface area contributed by atoms with Crippen LogP contribution in [0.3, 0.4) is 0 Å². The van der Waals surface area contributed by atoms with E-state index in [4.69, 9.17) is 4.98 Å². The van der Waals surface area contributed by atoms with Crippen LogP contribution in [0.5, 0.6) is 0 Å². The van der Waals surface area contributed by atoms with Crippen molar-refractivity contribution in [3.63, 3.8) is 0 Å². The van der Waals surface area contributed by atoms with E-state index in [0.29, 0.717) is 6.04 Å². The van der Waals surface area contributed by atoms with Crippen LogP contribution < -0.4 is 10.6 Å². The first kappa shape index (κ1) is 15.2. The van der Waals surface area contributed by atoms with Crippen molar-refractivity contribution in [2.45, 2.75) is 18.9 Å². The summed E-state index contributed by atoms with van der Waals surface area (Å²) in [4.78, 5) is 9.45. The Morgan fingerprint density at radius 3 is 2.96 bits per heavy atom. The van der Waals surface area contributed by atoms with Crippen LogP contribution in [0, 0.1) is 0 Å². The van der Waals surface area contributed by atoms with Crippen LogP contribution in [0.15, 0.2) is 54.3 Å². The van der Waals surface area contributed by atoms with E-state index < -0.39 is 0 Å². The molecule has 1 aliphatic carbocycles. The lowest BCUT2D eigenvalue weighted by Gasteiger charge is -2.10. The summed E-state index contributed by atoms with van der Waals surface area (Å²) in [6, 6.07) is 10.9. The second-order valence-electron chi connectivity index (χ2n) is 6.45. The van der Waals surface area contributed by atoms with Gasteiger partial charge < -0.3 is 15.6 Å². The first-order valence-corrected chi connectivity index (χ1v) is 9.45. The van der Waals surface area contributed by atoms with Crippen LogP contribution in [0.2, 0.25) is 0 Å². The first-order valence-electron chi connectivity index (χ1n) is 8.57. The van der Waals surface area contributed by atoms with Crippen molar-refractivity contribution in [2.24, 2.45) is 0 Å². The third kappa shape index (κ3) is 2.76. The second kappa shape index (κ2) is 6.03. The lowest BCUT2D eigenvalue weighted by atomic mass is 10.1. The average molecular weight is 362 g/mol. The van der Waals surface area contributed by atoms with Crippen LogP contribution in [0.1, 0.15) is 12.8 Å². The van der Waals surface area contributed by atoms with Crippen molar-refractivity contribution in [3.8, 4) is 22.0 Å². The molecule has 0 spiro atoms. The minimum Gasteiger partial charge on any atom is -0.369 e. The number of para-hydroxylation sites is 1. The average Bonchev–Trinajstić information content (AvgIpc) is 3.09. The Labute approximate surface area is 154 Å². The maximum absolute atomic E-state index is 4.84. The molecule has 0 bridgehead atoms. The topological polar surface area (TPSA) is 81.4 Å². The summed E-state index contributed by atoms with van der Waals surface area (Å²) >= 11 is 1.71. The highest BCUT2D eigenvalue weighted by molar-refractivity contribution is 7.13. The molecule has 3 aromatic heterocycles. The van der Waals surface area contributed by atoms with Crippen LogP contribution in [-0.2, 0) is 0 Å². The molecule has 1 aromatic carbocycles. The number of rotatable bonds is 6. The van der Waals surface area contributed by atoms with Gasteiger partial charge in [-0.15, -0.1) is 11.3 Å². The van der Waals surface area contributed by atoms with Crippen LogP contribution in [-0.4, -0.2) is 26.2 Å².